The van der Waals surface area contributed by atoms with Gasteiger partial charge in [-0.15, -0.1) is 10.2 Å². The molecule has 4 nitrogen and oxygen atoms in total. The first-order chi connectivity index (χ1) is 11.3. The van der Waals surface area contributed by atoms with Gasteiger partial charge in [0.2, 0.25) is 5.78 Å². The lowest BCUT2D eigenvalue weighted by atomic mass is 10.2. The minimum Gasteiger partial charge on any atom is -0.306 e. The van der Waals surface area contributed by atoms with E-state index in [2.05, 4.69) is 81.5 Å². The molecule has 0 saturated heterocycles. The fraction of sp³-hybridized carbons (Fsp3) is 0.222. The molecule has 0 atom stereocenters. The van der Waals surface area contributed by atoms with Crippen LogP contribution in [0.3, 0.4) is 0 Å². The topological polar surface area (TPSA) is 35.1 Å². The van der Waals surface area contributed by atoms with E-state index in [4.69, 9.17) is 0 Å². The number of nitrogens with zero attached hydrogens (tertiary/aromatic N) is 4. The first-order valence-electron chi connectivity index (χ1n) is 7.76. The molecule has 0 bridgehead atoms. The monoisotopic (exact) mass is 322 g/mol. The number of fused-ring (bicyclic) bond motifs is 3. The van der Waals surface area contributed by atoms with Gasteiger partial charge >= 0.3 is 0 Å². The van der Waals surface area contributed by atoms with Gasteiger partial charge in [0, 0.05) is 11.8 Å². The second-order valence-electron chi connectivity index (χ2n) is 5.84. The van der Waals surface area contributed by atoms with Crippen LogP contribution in [0.25, 0.3) is 16.8 Å². The Morgan fingerprint density at radius 3 is 2.35 bits per heavy atom. The summed E-state index contributed by atoms with van der Waals surface area (Å²) in [6.07, 6.45) is 0. The van der Waals surface area contributed by atoms with E-state index in [1.165, 1.54) is 11.1 Å². The lowest BCUT2D eigenvalue weighted by molar-refractivity contribution is 0.631. The molecule has 0 aliphatic heterocycles. The maximum atomic E-state index is 4.44. The Morgan fingerprint density at radius 1 is 0.913 bits per heavy atom. The van der Waals surface area contributed by atoms with Crippen LogP contribution in [0.2, 0.25) is 0 Å². The summed E-state index contributed by atoms with van der Waals surface area (Å²) in [6.45, 7) is 4.36. The zero-order valence-corrected chi connectivity index (χ0v) is 14.0. The Hall–Kier alpha value is -2.27. The summed E-state index contributed by atoms with van der Waals surface area (Å²) in [7, 11) is 0. The van der Waals surface area contributed by atoms with Crippen molar-refractivity contribution in [2.45, 2.75) is 30.8 Å². The number of rotatable bonds is 4. The molecule has 0 aliphatic carbocycles. The molecule has 0 N–H and O–H groups in total. The summed E-state index contributed by atoms with van der Waals surface area (Å²) in [6, 6.07) is 19.2. The average molecular weight is 322 g/mol. The van der Waals surface area contributed by atoms with Gasteiger partial charge in [0.05, 0.1) is 11.0 Å². The van der Waals surface area contributed by atoms with E-state index < -0.39 is 0 Å². The van der Waals surface area contributed by atoms with Crippen LogP contribution in [-0.2, 0) is 5.75 Å². The van der Waals surface area contributed by atoms with Gasteiger partial charge in [0.1, 0.15) is 0 Å². The summed E-state index contributed by atoms with van der Waals surface area (Å²) in [4.78, 5) is 0. The molecular formula is C18H18N4S. The lowest BCUT2D eigenvalue weighted by Gasteiger charge is -2.07. The Bertz CT molecular complexity index is 953. The van der Waals surface area contributed by atoms with Crippen molar-refractivity contribution in [3.63, 3.8) is 0 Å². The van der Waals surface area contributed by atoms with Crippen LogP contribution >= 0.6 is 11.8 Å². The third kappa shape index (κ3) is 2.41. The van der Waals surface area contributed by atoms with E-state index in [1.807, 2.05) is 6.07 Å². The zero-order chi connectivity index (χ0) is 15.8. The molecule has 0 amide bonds. The largest absolute Gasteiger partial charge is 0.306 e. The highest BCUT2D eigenvalue weighted by atomic mass is 32.2. The number of para-hydroxylation sites is 2. The van der Waals surface area contributed by atoms with Gasteiger partial charge in [-0.2, -0.15) is 0 Å². The number of hydrogen-bond donors (Lipinski definition) is 0. The minimum absolute atomic E-state index is 0.341. The highest BCUT2D eigenvalue weighted by Gasteiger charge is 2.18. The van der Waals surface area contributed by atoms with Crippen molar-refractivity contribution in [2.24, 2.45) is 0 Å². The smallest absolute Gasteiger partial charge is 0.237 e. The standard InChI is InChI=1S/C18H18N4S/c1-13(2)21-15-10-6-7-11-16(15)22-17(21)19-20-18(22)23-12-14-8-4-3-5-9-14/h3-11,13H,12H2,1-2H3. The number of aromatic nitrogens is 4. The highest BCUT2D eigenvalue weighted by Crippen LogP contribution is 2.29. The van der Waals surface area contributed by atoms with Crippen molar-refractivity contribution < 1.29 is 0 Å². The van der Waals surface area contributed by atoms with E-state index in [1.54, 1.807) is 11.8 Å². The number of imidazole rings is 1. The van der Waals surface area contributed by atoms with Crippen LogP contribution in [0.5, 0.6) is 0 Å². The second kappa shape index (κ2) is 5.74. The predicted molar refractivity (Wildman–Crippen MR) is 94.9 cm³/mol. The van der Waals surface area contributed by atoms with Crippen LogP contribution in [-0.4, -0.2) is 19.2 Å². The predicted octanol–water partition coefficient (Wildman–Crippen LogP) is 4.56. The Kier molecular flexibility index (Phi) is 3.58. The van der Waals surface area contributed by atoms with E-state index in [9.17, 15) is 0 Å². The van der Waals surface area contributed by atoms with Crippen molar-refractivity contribution in [2.75, 3.05) is 0 Å². The fourth-order valence-corrected chi connectivity index (χ4v) is 3.81. The minimum atomic E-state index is 0.341. The molecule has 4 aromatic rings. The summed E-state index contributed by atoms with van der Waals surface area (Å²) in [5, 5.41) is 9.81. The van der Waals surface area contributed by atoms with Gasteiger partial charge in [0.25, 0.3) is 0 Å². The molecule has 23 heavy (non-hydrogen) atoms. The van der Waals surface area contributed by atoms with Gasteiger partial charge in [-0.25, -0.2) is 0 Å². The Morgan fingerprint density at radius 2 is 1.61 bits per heavy atom. The number of benzene rings is 2. The van der Waals surface area contributed by atoms with Gasteiger partial charge in [0.15, 0.2) is 5.16 Å². The van der Waals surface area contributed by atoms with Crippen molar-refractivity contribution in [3.8, 4) is 0 Å². The van der Waals surface area contributed by atoms with Gasteiger partial charge < -0.3 is 4.57 Å². The SMILES string of the molecule is CC(C)n1c2ccccc2n2c(SCc3ccccc3)nnc12. The zero-order valence-electron chi connectivity index (χ0n) is 13.2. The van der Waals surface area contributed by atoms with Crippen LogP contribution < -0.4 is 0 Å². The lowest BCUT2D eigenvalue weighted by Crippen LogP contribution is -2.00. The summed E-state index contributed by atoms with van der Waals surface area (Å²) >= 11 is 1.73. The summed E-state index contributed by atoms with van der Waals surface area (Å²) in [5.74, 6) is 1.81. The van der Waals surface area contributed by atoms with Crippen molar-refractivity contribution in [3.05, 3.63) is 60.2 Å². The maximum Gasteiger partial charge on any atom is 0.237 e. The molecule has 4 rings (SSSR count). The summed E-state index contributed by atoms with van der Waals surface area (Å²) < 4.78 is 4.41. The molecule has 2 heterocycles. The van der Waals surface area contributed by atoms with E-state index in [0.29, 0.717) is 6.04 Å². The van der Waals surface area contributed by atoms with Gasteiger partial charge in [-0.1, -0.05) is 54.2 Å². The highest BCUT2D eigenvalue weighted by molar-refractivity contribution is 7.98. The van der Waals surface area contributed by atoms with Crippen molar-refractivity contribution in [1.82, 2.24) is 19.2 Å². The first kappa shape index (κ1) is 14.3. The first-order valence-corrected chi connectivity index (χ1v) is 8.75. The molecule has 2 aromatic heterocycles. The van der Waals surface area contributed by atoms with Crippen molar-refractivity contribution >= 4 is 28.6 Å². The van der Waals surface area contributed by atoms with Gasteiger partial charge in [-0.3, -0.25) is 4.40 Å². The molecule has 0 saturated carbocycles. The molecule has 116 valence electrons. The maximum absolute atomic E-state index is 4.44. The summed E-state index contributed by atoms with van der Waals surface area (Å²) in [5.41, 5.74) is 3.66. The van der Waals surface area contributed by atoms with E-state index in [0.717, 1.165) is 22.2 Å². The number of hydrogen-bond acceptors (Lipinski definition) is 3. The molecular weight excluding hydrogens is 304 g/mol. The normalized spacial score (nSPS) is 11.8. The molecule has 2 aromatic carbocycles. The molecule has 0 unspecified atom stereocenters. The van der Waals surface area contributed by atoms with Crippen LogP contribution in [0.15, 0.2) is 59.8 Å². The Labute approximate surface area is 139 Å². The molecule has 5 heteroatoms. The van der Waals surface area contributed by atoms with Crippen molar-refractivity contribution in [1.29, 1.82) is 0 Å². The van der Waals surface area contributed by atoms with Crippen LogP contribution in [0.1, 0.15) is 25.5 Å². The third-order valence-corrected chi connectivity index (χ3v) is 4.94. The van der Waals surface area contributed by atoms with Crippen LogP contribution in [0, 0.1) is 0 Å². The fourth-order valence-electron chi connectivity index (χ4n) is 2.92. The molecule has 0 radical (unpaired) electrons. The van der Waals surface area contributed by atoms with Gasteiger partial charge in [-0.05, 0) is 31.5 Å². The number of thioether (sulfide) groups is 1. The average Bonchev–Trinajstić information content (AvgIpc) is 3.11. The third-order valence-electron chi connectivity index (χ3n) is 3.94. The molecule has 0 aliphatic rings. The molecule has 0 spiro atoms. The molecule has 0 fully saturated rings. The van der Waals surface area contributed by atoms with E-state index >= 15 is 0 Å². The van der Waals surface area contributed by atoms with Crippen LogP contribution in [0.4, 0.5) is 0 Å². The second-order valence-corrected chi connectivity index (χ2v) is 6.79. The van der Waals surface area contributed by atoms with E-state index in [-0.39, 0.29) is 0 Å². The Balaban J connectivity index is 1.81. The quantitative estimate of drug-likeness (QED) is 0.517.